The summed E-state index contributed by atoms with van der Waals surface area (Å²) < 4.78 is 5.44. The molecule has 7 heteroatoms. The summed E-state index contributed by atoms with van der Waals surface area (Å²) in [5, 5.41) is 4.11. The van der Waals surface area contributed by atoms with Crippen LogP contribution < -0.4 is 5.32 Å². The van der Waals surface area contributed by atoms with Crippen LogP contribution in [0.1, 0.15) is 64.3 Å². The summed E-state index contributed by atoms with van der Waals surface area (Å²) in [6.07, 6.45) is 4.75. The average molecular weight is 426 g/mol. The minimum Gasteiger partial charge on any atom is -0.459 e. The molecule has 0 spiro atoms. The number of aryl methyl sites for hydroxylation is 1. The molecule has 1 amide bonds. The van der Waals surface area contributed by atoms with Gasteiger partial charge >= 0.3 is 5.97 Å². The molecule has 3 rings (SSSR count). The maximum atomic E-state index is 12.8. The number of benzene rings is 1. The molecule has 0 atom stereocenters. The second-order valence-electron chi connectivity index (χ2n) is 6.80. The van der Waals surface area contributed by atoms with Crippen molar-refractivity contribution < 1.29 is 14.3 Å². The van der Waals surface area contributed by atoms with Crippen LogP contribution in [0.3, 0.4) is 0 Å². The Bertz CT molecular complexity index is 876. The first-order valence-corrected chi connectivity index (χ1v) is 10.6. The van der Waals surface area contributed by atoms with Gasteiger partial charge < -0.3 is 10.1 Å². The highest BCUT2D eigenvalue weighted by molar-refractivity contribution is 7.17. The summed E-state index contributed by atoms with van der Waals surface area (Å²) in [6, 6.07) is 4.72. The topological polar surface area (TPSA) is 55.4 Å². The molecule has 0 radical (unpaired) electrons. The largest absolute Gasteiger partial charge is 0.459 e. The third-order valence-electron chi connectivity index (χ3n) is 4.37. The maximum Gasteiger partial charge on any atom is 0.341 e. The summed E-state index contributed by atoms with van der Waals surface area (Å²) in [7, 11) is 0. The molecular weight excluding hydrogens is 405 g/mol. The first-order chi connectivity index (χ1) is 12.9. The molecule has 1 N–H and O–H groups in total. The van der Waals surface area contributed by atoms with Gasteiger partial charge in [-0.2, -0.15) is 0 Å². The summed E-state index contributed by atoms with van der Waals surface area (Å²) >= 11 is 13.6. The Morgan fingerprint density at radius 2 is 1.89 bits per heavy atom. The van der Waals surface area contributed by atoms with Crippen molar-refractivity contribution in [3.63, 3.8) is 0 Å². The monoisotopic (exact) mass is 425 g/mol. The highest BCUT2D eigenvalue weighted by Crippen LogP contribution is 2.38. The molecule has 144 valence electrons. The fraction of sp³-hybridized carbons (Fsp3) is 0.400. The minimum absolute atomic E-state index is 0.232. The van der Waals surface area contributed by atoms with Crippen molar-refractivity contribution in [3.05, 3.63) is 49.8 Å². The Balaban J connectivity index is 1.97. The van der Waals surface area contributed by atoms with Gasteiger partial charge in [0.1, 0.15) is 5.00 Å². The number of amides is 1. The van der Waals surface area contributed by atoms with E-state index in [0.29, 0.717) is 20.6 Å². The number of carbonyl (C=O) groups excluding carboxylic acids is 2. The number of hydrogen-bond acceptors (Lipinski definition) is 4. The molecule has 0 bridgehead atoms. The number of esters is 1. The van der Waals surface area contributed by atoms with Crippen molar-refractivity contribution in [2.75, 3.05) is 5.32 Å². The predicted molar refractivity (Wildman–Crippen MR) is 111 cm³/mol. The van der Waals surface area contributed by atoms with Crippen molar-refractivity contribution in [1.82, 2.24) is 0 Å². The van der Waals surface area contributed by atoms with E-state index in [1.54, 1.807) is 12.1 Å². The van der Waals surface area contributed by atoms with Crippen molar-refractivity contribution in [1.29, 1.82) is 0 Å². The number of anilines is 1. The van der Waals surface area contributed by atoms with Gasteiger partial charge in [-0.1, -0.05) is 29.6 Å². The Morgan fingerprint density at radius 1 is 1.15 bits per heavy atom. The number of ether oxygens (including phenoxy) is 1. The highest BCUT2D eigenvalue weighted by Gasteiger charge is 2.27. The smallest absolute Gasteiger partial charge is 0.341 e. The van der Waals surface area contributed by atoms with E-state index in [0.717, 1.165) is 42.5 Å². The minimum atomic E-state index is -0.392. The van der Waals surface area contributed by atoms with E-state index in [4.69, 9.17) is 27.9 Å². The van der Waals surface area contributed by atoms with Crippen LogP contribution >= 0.6 is 34.5 Å². The lowest BCUT2D eigenvalue weighted by atomic mass is 10.1. The molecular formula is C20H21Cl2NO3S. The van der Waals surface area contributed by atoms with Gasteiger partial charge in [-0.05, 0) is 63.3 Å². The number of carbonyl (C=O) groups is 2. The third-order valence-corrected chi connectivity index (χ3v) is 6.14. The van der Waals surface area contributed by atoms with Gasteiger partial charge in [0.15, 0.2) is 0 Å². The third kappa shape index (κ3) is 4.65. The average Bonchev–Trinajstić information content (AvgIpc) is 2.77. The predicted octanol–water partition coefficient (Wildman–Crippen LogP) is 6.14. The first kappa shape index (κ1) is 20.2. The molecule has 27 heavy (non-hydrogen) atoms. The van der Waals surface area contributed by atoms with Crippen LogP contribution in [0.4, 0.5) is 5.00 Å². The zero-order valence-corrected chi connectivity index (χ0v) is 17.6. The molecule has 1 aromatic heterocycles. The van der Waals surface area contributed by atoms with Crippen molar-refractivity contribution in [3.8, 4) is 0 Å². The Hall–Kier alpha value is -1.56. The molecule has 2 aromatic rings. The molecule has 0 aliphatic heterocycles. The van der Waals surface area contributed by atoms with E-state index in [9.17, 15) is 9.59 Å². The summed E-state index contributed by atoms with van der Waals surface area (Å²) in [4.78, 5) is 26.7. The molecule has 4 nitrogen and oxygen atoms in total. The quantitative estimate of drug-likeness (QED) is 0.472. The Morgan fingerprint density at radius 3 is 2.63 bits per heavy atom. The first-order valence-electron chi connectivity index (χ1n) is 8.98. The fourth-order valence-corrected chi connectivity index (χ4v) is 4.81. The molecule has 0 unspecified atom stereocenters. The van der Waals surface area contributed by atoms with Crippen molar-refractivity contribution in [2.45, 2.75) is 52.1 Å². The standard InChI is InChI=1S/C20H21Cl2NO3S/c1-11(2)26-20(25)17-13-6-4-3-5-7-16(13)27-19(17)23-18(24)14-10-12(21)8-9-15(14)22/h8-11H,3-7H2,1-2H3,(H,23,24). The molecule has 0 saturated carbocycles. The van der Waals surface area contributed by atoms with Crippen LogP contribution in [0.15, 0.2) is 18.2 Å². The van der Waals surface area contributed by atoms with Crippen LogP contribution in [-0.4, -0.2) is 18.0 Å². The number of thiophene rings is 1. The lowest BCUT2D eigenvalue weighted by Crippen LogP contribution is -2.17. The van der Waals surface area contributed by atoms with E-state index < -0.39 is 11.9 Å². The Kier molecular flexibility index (Phi) is 6.45. The lowest BCUT2D eigenvalue weighted by molar-refractivity contribution is 0.0378. The van der Waals surface area contributed by atoms with Crippen molar-refractivity contribution >= 4 is 51.4 Å². The van der Waals surface area contributed by atoms with Gasteiger partial charge in [-0.15, -0.1) is 11.3 Å². The fourth-order valence-electron chi connectivity index (χ4n) is 3.16. The zero-order valence-electron chi connectivity index (χ0n) is 15.2. The van der Waals surface area contributed by atoms with E-state index in [2.05, 4.69) is 5.32 Å². The number of halogens is 2. The maximum absolute atomic E-state index is 12.8. The summed E-state index contributed by atoms with van der Waals surface area (Å²) in [5.41, 5.74) is 1.77. The van der Waals surface area contributed by atoms with Crippen LogP contribution in [0, 0.1) is 0 Å². The number of hydrogen-bond donors (Lipinski definition) is 1. The molecule has 1 heterocycles. The van der Waals surface area contributed by atoms with E-state index in [1.165, 1.54) is 17.4 Å². The van der Waals surface area contributed by atoms with Gasteiger partial charge in [0.05, 0.1) is 22.3 Å². The van der Waals surface area contributed by atoms with E-state index >= 15 is 0 Å². The molecule has 1 aromatic carbocycles. The second-order valence-corrected chi connectivity index (χ2v) is 8.75. The normalized spacial score (nSPS) is 13.8. The summed E-state index contributed by atoms with van der Waals surface area (Å²) in [6.45, 7) is 3.62. The SMILES string of the molecule is CC(C)OC(=O)c1c(NC(=O)c2cc(Cl)ccc2Cl)sc2c1CCCCC2. The van der Waals surface area contributed by atoms with Gasteiger partial charge in [0, 0.05) is 9.90 Å². The lowest BCUT2D eigenvalue weighted by Gasteiger charge is -2.12. The zero-order chi connectivity index (χ0) is 19.6. The van der Waals surface area contributed by atoms with Crippen LogP contribution in [-0.2, 0) is 17.6 Å². The molecule has 1 aliphatic rings. The number of fused-ring (bicyclic) bond motifs is 1. The van der Waals surface area contributed by atoms with Gasteiger partial charge in [0.2, 0.25) is 0 Å². The summed E-state index contributed by atoms with van der Waals surface area (Å²) in [5.74, 6) is -0.783. The van der Waals surface area contributed by atoms with E-state index in [1.807, 2.05) is 13.8 Å². The molecule has 0 fully saturated rings. The van der Waals surface area contributed by atoms with Gasteiger partial charge in [-0.3, -0.25) is 4.79 Å². The van der Waals surface area contributed by atoms with Crippen LogP contribution in [0.5, 0.6) is 0 Å². The van der Waals surface area contributed by atoms with E-state index in [-0.39, 0.29) is 11.7 Å². The van der Waals surface area contributed by atoms with Crippen LogP contribution in [0.25, 0.3) is 0 Å². The second kappa shape index (κ2) is 8.63. The molecule has 0 saturated heterocycles. The Labute approximate surface area is 172 Å². The number of rotatable bonds is 4. The van der Waals surface area contributed by atoms with Crippen LogP contribution in [0.2, 0.25) is 10.0 Å². The van der Waals surface area contributed by atoms with Crippen molar-refractivity contribution in [2.24, 2.45) is 0 Å². The number of nitrogens with one attached hydrogen (secondary N) is 1. The van der Waals surface area contributed by atoms with Gasteiger partial charge in [-0.25, -0.2) is 4.79 Å². The highest BCUT2D eigenvalue weighted by atomic mass is 35.5. The van der Waals surface area contributed by atoms with Gasteiger partial charge in [0.25, 0.3) is 5.91 Å². The molecule has 1 aliphatic carbocycles.